The van der Waals surface area contributed by atoms with Gasteiger partial charge >= 0.3 is 0 Å². The molecule has 0 radical (unpaired) electrons. The fourth-order valence-corrected chi connectivity index (χ4v) is 1.11. The van der Waals surface area contributed by atoms with Gasteiger partial charge in [-0.3, -0.25) is 0 Å². The van der Waals surface area contributed by atoms with Gasteiger partial charge in [0.25, 0.3) is 0 Å². The molecule has 0 saturated carbocycles. The van der Waals surface area contributed by atoms with Crippen molar-refractivity contribution in [2.24, 2.45) is 15.9 Å². The number of rotatable bonds is 2. The highest BCUT2D eigenvalue weighted by Gasteiger charge is 1.89. The fraction of sp³-hybridized carbons (Fsp3) is 0.111. The van der Waals surface area contributed by atoms with Crippen LogP contribution in [-0.2, 0) is 0 Å². The Labute approximate surface area is 92.1 Å². The lowest BCUT2D eigenvalue weighted by Crippen LogP contribution is -2.03. The first-order chi connectivity index (χ1) is 6.72. The number of thioether (sulfide) groups is 1. The molecule has 14 heavy (non-hydrogen) atoms. The number of hydrogen-bond acceptors (Lipinski definition) is 3. The first-order valence-electron chi connectivity index (χ1n) is 3.88. The Balaban J connectivity index is 2.69. The highest BCUT2D eigenvalue weighted by atomic mass is 35.5. The summed E-state index contributed by atoms with van der Waals surface area (Å²) in [6.07, 6.45) is 3.45. The molecule has 3 nitrogen and oxygen atoms in total. The normalized spacial score (nSPS) is 12.3. The number of halogens is 1. The Morgan fingerprint density at radius 3 is 3.00 bits per heavy atom. The van der Waals surface area contributed by atoms with Crippen LogP contribution in [0.4, 0.5) is 0 Å². The van der Waals surface area contributed by atoms with Crippen molar-refractivity contribution in [1.82, 2.24) is 0 Å². The fourth-order valence-electron chi connectivity index (χ4n) is 0.780. The SMILES string of the molecule is CS/C(N)=N/N=C\c1cccc(Cl)c1. The Morgan fingerprint density at radius 2 is 2.36 bits per heavy atom. The number of benzene rings is 1. The Hall–Kier alpha value is -1.00. The minimum Gasteiger partial charge on any atom is -0.377 e. The Kier molecular flexibility index (Phi) is 4.49. The molecule has 74 valence electrons. The summed E-state index contributed by atoms with van der Waals surface area (Å²) in [5, 5.41) is 8.67. The highest BCUT2D eigenvalue weighted by Crippen LogP contribution is 2.08. The number of nitrogens with zero attached hydrogens (tertiary/aromatic N) is 2. The zero-order valence-corrected chi connectivity index (χ0v) is 9.22. The van der Waals surface area contributed by atoms with Gasteiger partial charge in [0.1, 0.15) is 0 Å². The summed E-state index contributed by atoms with van der Waals surface area (Å²) >= 11 is 7.14. The van der Waals surface area contributed by atoms with Gasteiger partial charge in [0.05, 0.1) is 6.21 Å². The largest absolute Gasteiger partial charge is 0.377 e. The maximum absolute atomic E-state index is 5.79. The molecule has 0 spiro atoms. The summed E-state index contributed by atoms with van der Waals surface area (Å²) in [6.45, 7) is 0. The van der Waals surface area contributed by atoms with Crippen LogP contribution in [0.25, 0.3) is 0 Å². The lowest BCUT2D eigenvalue weighted by Gasteiger charge is -1.92. The molecule has 0 heterocycles. The van der Waals surface area contributed by atoms with Crippen LogP contribution < -0.4 is 5.73 Å². The van der Waals surface area contributed by atoms with Crippen molar-refractivity contribution < 1.29 is 0 Å². The number of nitrogens with two attached hydrogens (primary N) is 1. The van der Waals surface area contributed by atoms with Crippen LogP contribution in [0, 0.1) is 0 Å². The van der Waals surface area contributed by atoms with E-state index in [-0.39, 0.29) is 0 Å². The minimum atomic E-state index is 0.434. The maximum atomic E-state index is 5.79. The molecular formula is C9H10ClN3S. The summed E-state index contributed by atoms with van der Waals surface area (Å²) in [7, 11) is 0. The number of hydrogen-bond donors (Lipinski definition) is 1. The van der Waals surface area contributed by atoms with Crippen molar-refractivity contribution >= 4 is 34.7 Å². The number of amidine groups is 1. The van der Waals surface area contributed by atoms with E-state index in [9.17, 15) is 0 Å². The van der Waals surface area contributed by atoms with Crippen LogP contribution in [0.3, 0.4) is 0 Å². The second kappa shape index (κ2) is 5.67. The summed E-state index contributed by atoms with van der Waals surface area (Å²) < 4.78 is 0. The minimum absolute atomic E-state index is 0.434. The van der Waals surface area contributed by atoms with E-state index in [1.165, 1.54) is 11.8 Å². The highest BCUT2D eigenvalue weighted by molar-refractivity contribution is 8.13. The van der Waals surface area contributed by atoms with Crippen LogP contribution in [0.1, 0.15) is 5.56 Å². The van der Waals surface area contributed by atoms with Gasteiger partial charge in [0, 0.05) is 5.02 Å². The molecule has 1 aromatic carbocycles. The van der Waals surface area contributed by atoms with Gasteiger partial charge in [-0.1, -0.05) is 35.5 Å². The molecule has 0 fully saturated rings. The van der Waals surface area contributed by atoms with Gasteiger partial charge in [-0.05, 0) is 24.0 Å². The predicted molar refractivity (Wildman–Crippen MR) is 64.2 cm³/mol. The van der Waals surface area contributed by atoms with Gasteiger partial charge in [0.2, 0.25) is 0 Å². The molecule has 0 atom stereocenters. The third-order valence-corrected chi connectivity index (χ3v) is 2.16. The van der Waals surface area contributed by atoms with Gasteiger partial charge in [0.15, 0.2) is 5.17 Å². The lowest BCUT2D eigenvalue weighted by atomic mass is 10.2. The third-order valence-electron chi connectivity index (χ3n) is 1.42. The first-order valence-corrected chi connectivity index (χ1v) is 5.48. The predicted octanol–water partition coefficient (Wildman–Crippen LogP) is 2.35. The van der Waals surface area contributed by atoms with Crippen LogP contribution in [-0.4, -0.2) is 17.6 Å². The van der Waals surface area contributed by atoms with E-state index in [0.717, 1.165) is 5.56 Å². The van der Waals surface area contributed by atoms with Gasteiger partial charge in [-0.15, -0.1) is 5.10 Å². The summed E-state index contributed by atoms with van der Waals surface area (Å²) in [5.41, 5.74) is 6.34. The molecule has 2 N–H and O–H groups in total. The quantitative estimate of drug-likeness (QED) is 0.479. The van der Waals surface area contributed by atoms with E-state index < -0.39 is 0 Å². The van der Waals surface area contributed by atoms with Crippen molar-refractivity contribution in [2.75, 3.05) is 6.26 Å². The third kappa shape index (κ3) is 3.81. The molecule has 0 amide bonds. The molecule has 0 aliphatic rings. The van der Waals surface area contributed by atoms with E-state index in [1.807, 2.05) is 18.4 Å². The van der Waals surface area contributed by atoms with Gasteiger partial charge in [-0.2, -0.15) is 5.10 Å². The molecule has 1 aromatic rings. The molecule has 0 unspecified atom stereocenters. The van der Waals surface area contributed by atoms with Crippen LogP contribution >= 0.6 is 23.4 Å². The molecule has 1 rings (SSSR count). The maximum Gasteiger partial charge on any atom is 0.180 e. The average Bonchev–Trinajstić information content (AvgIpc) is 2.17. The molecule has 0 aliphatic carbocycles. The van der Waals surface area contributed by atoms with Crippen molar-refractivity contribution in [2.45, 2.75) is 0 Å². The van der Waals surface area contributed by atoms with E-state index in [4.69, 9.17) is 17.3 Å². The van der Waals surface area contributed by atoms with Gasteiger partial charge in [-0.25, -0.2) is 0 Å². The second-order valence-electron chi connectivity index (χ2n) is 2.44. The molecule has 5 heteroatoms. The van der Waals surface area contributed by atoms with Crippen molar-refractivity contribution in [1.29, 1.82) is 0 Å². The lowest BCUT2D eigenvalue weighted by molar-refractivity contribution is 1.25. The smallest absolute Gasteiger partial charge is 0.180 e. The van der Waals surface area contributed by atoms with Crippen LogP contribution in [0.2, 0.25) is 5.02 Å². The summed E-state index contributed by atoms with van der Waals surface area (Å²) in [4.78, 5) is 0. The zero-order valence-electron chi connectivity index (χ0n) is 7.64. The first kappa shape index (κ1) is 11.1. The van der Waals surface area contributed by atoms with E-state index in [2.05, 4.69) is 10.2 Å². The second-order valence-corrected chi connectivity index (χ2v) is 3.70. The van der Waals surface area contributed by atoms with E-state index >= 15 is 0 Å². The molecule has 0 bridgehead atoms. The summed E-state index contributed by atoms with van der Waals surface area (Å²) in [5.74, 6) is 0. The Morgan fingerprint density at radius 1 is 1.57 bits per heavy atom. The Bertz CT molecular complexity index is 363. The van der Waals surface area contributed by atoms with Crippen molar-refractivity contribution in [3.8, 4) is 0 Å². The van der Waals surface area contributed by atoms with E-state index in [1.54, 1.807) is 18.3 Å². The topological polar surface area (TPSA) is 50.7 Å². The molecule has 0 aromatic heterocycles. The van der Waals surface area contributed by atoms with Crippen molar-refractivity contribution in [3.05, 3.63) is 34.9 Å². The average molecular weight is 228 g/mol. The molecule has 0 saturated heterocycles. The standard InChI is InChI=1S/C9H10ClN3S/c1-14-9(11)13-12-6-7-3-2-4-8(10)5-7/h2-6H,1H3,(H2,11,13)/b12-6-. The van der Waals surface area contributed by atoms with E-state index in [0.29, 0.717) is 10.2 Å². The monoisotopic (exact) mass is 227 g/mol. The molecular weight excluding hydrogens is 218 g/mol. The van der Waals surface area contributed by atoms with Gasteiger partial charge < -0.3 is 5.73 Å². The zero-order chi connectivity index (χ0) is 10.4. The van der Waals surface area contributed by atoms with Crippen molar-refractivity contribution in [3.63, 3.8) is 0 Å². The summed E-state index contributed by atoms with van der Waals surface area (Å²) in [6, 6.07) is 7.35. The molecule has 0 aliphatic heterocycles. The van der Waals surface area contributed by atoms with Crippen LogP contribution in [0.5, 0.6) is 0 Å². The van der Waals surface area contributed by atoms with Crippen LogP contribution in [0.15, 0.2) is 34.5 Å².